The number of fused-ring (bicyclic) bond motifs is 2. The van der Waals surface area contributed by atoms with Crippen LogP contribution in [0.3, 0.4) is 0 Å². The molecule has 0 bridgehead atoms. The number of carbonyl (C=O) groups is 1. The van der Waals surface area contributed by atoms with Gasteiger partial charge in [-0.25, -0.2) is 4.79 Å². The lowest BCUT2D eigenvalue weighted by molar-refractivity contribution is 0.0898. The molecule has 0 aliphatic carbocycles. The Morgan fingerprint density at radius 1 is 0.970 bits per heavy atom. The largest absolute Gasteiger partial charge is 0.493 e. The molecule has 8 heteroatoms. The monoisotopic (exact) mass is 452 g/mol. The first-order valence-corrected chi connectivity index (χ1v) is 10.8. The number of carbonyl (C=O) groups excluding carboxylic acids is 1. The topological polar surface area (TPSA) is 100 Å². The van der Waals surface area contributed by atoms with E-state index in [2.05, 4.69) is 0 Å². The zero-order valence-corrected chi connectivity index (χ0v) is 19.0. The van der Waals surface area contributed by atoms with Gasteiger partial charge in [-0.3, -0.25) is 4.90 Å². The Morgan fingerprint density at radius 3 is 2.12 bits per heavy atom. The number of amides is 1. The van der Waals surface area contributed by atoms with Crippen LogP contribution in [0.1, 0.15) is 18.4 Å². The predicted octanol–water partition coefficient (Wildman–Crippen LogP) is 4.72. The molecule has 0 radical (unpaired) electrons. The maximum atomic E-state index is 12.7. The fraction of sp³-hybridized carbons (Fsp3) is 0.320. The standard InChI is InChI=1S/C25H28N2O6/c1-4-31-25(28)27(12-11-18-13-16-7-5-9-20(29-2)23(16)32-18)22(26)15-19-14-17-8-6-10-21(30-3)24(17)33-19/h5-10,13-14,22H,4,11-12,15,26H2,1-3H3. The molecule has 1 amide bonds. The molecule has 1 atom stereocenters. The molecule has 4 rings (SSSR count). The van der Waals surface area contributed by atoms with E-state index in [1.54, 1.807) is 21.1 Å². The summed E-state index contributed by atoms with van der Waals surface area (Å²) in [6.07, 6.45) is -0.329. The van der Waals surface area contributed by atoms with Crippen LogP contribution in [0, 0.1) is 0 Å². The number of rotatable bonds is 9. The summed E-state index contributed by atoms with van der Waals surface area (Å²) in [5, 5.41) is 1.85. The van der Waals surface area contributed by atoms with Crippen molar-refractivity contribution in [1.29, 1.82) is 0 Å². The smallest absolute Gasteiger partial charge is 0.411 e. The third-order valence-corrected chi connectivity index (χ3v) is 5.47. The average molecular weight is 453 g/mol. The van der Waals surface area contributed by atoms with Gasteiger partial charge in [0.1, 0.15) is 11.5 Å². The van der Waals surface area contributed by atoms with Crippen molar-refractivity contribution < 1.29 is 27.8 Å². The van der Waals surface area contributed by atoms with E-state index >= 15 is 0 Å². The molecule has 4 aromatic rings. The van der Waals surface area contributed by atoms with E-state index in [1.807, 2.05) is 48.5 Å². The number of benzene rings is 2. The minimum absolute atomic E-state index is 0.256. The van der Waals surface area contributed by atoms with Gasteiger partial charge >= 0.3 is 6.09 Å². The highest BCUT2D eigenvalue weighted by Crippen LogP contribution is 2.30. The number of methoxy groups -OCH3 is 2. The Kier molecular flexibility index (Phi) is 6.74. The molecule has 0 spiro atoms. The van der Waals surface area contributed by atoms with Gasteiger partial charge in [-0.2, -0.15) is 0 Å². The lowest BCUT2D eigenvalue weighted by Gasteiger charge is -2.27. The van der Waals surface area contributed by atoms with Gasteiger partial charge in [0, 0.05) is 30.2 Å². The van der Waals surface area contributed by atoms with Gasteiger partial charge in [-0.1, -0.05) is 24.3 Å². The molecule has 0 aliphatic rings. The van der Waals surface area contributed by atoms with Crippen molar-refractivity contribution in [3.8, 4) is 11.5 Å². The lowest BCUT2D eigenvalue weighted by Crippen LogP contribution is -2.48. The summed E-state index contributed by atoms with van der Waals surface area (Å²) in [5.74, 6) is 2.70. The van der Waals surface area contributed by atoms with Crippen LogP contribution in [0.2, 0.25) is 0 Å². The number of hydrogen-bond donors (Lipinski definition) is 1. The number of para-hydroxylation sites is 2. The first-order valence-electron chi connectivity index (χ1n) is 10.8. The lowest BCUT2D eigenvalue weighted by atomic mass is 10.2. The van der Waals surface area contributed by atoms with E-state index in [-0.39, 0.29) is 6.61 Å². The Balaban J connectivity index is 1.51. The van der Waals surface area contributed by atoms with Crippen molar-refractivity contribution in [2.75, 3.05) is 27.4 Å². The van der Waals surface area contributed by atoms with Crippen LogP contribution in [0.5, 0.6) is 11.5 Å². The summed E-state index contributed by atoms with van der Waals surface area (Å²) in [4.78, 5) is 14.2. The van der Waals surface area contributed by atoms with Crippen molar-refractivity contribution >= 4 is 28.0 Å². The van der Waals surface area contributed by atoms with Crippen LogP contribution in [0.15, 0.2) is 57.4 Å². The van der Waals surface area contributed by atoms with Crippen molar-refractivity contribution in [2.24, 2.45) is 5.73 Å². The maximum absolute atomic E-state index is 12.7. The number of hydrogen-bond acceptors (Lipinski definition) is 7. The summed E-state index contributed by atoms with van der Waals surface area (Å²) in [6.45, 7) is 2.34. The quantitative estimate of drug-likeness (QED) is 0.367. The summed E-state index contributed by atoms with van der Waals surface area (Å²) >= 11 is 0. The van der Waals surface area contributed by atoms with E-state index < -0.39 is 12.3 Å². The van der Waals surface area contributed by atoms with Crippen LogP contribution in [-0.4, -0.2) is 44.5 Å². The first kappa shape index (κ1) is 22.5. The van der Waals surface area contributed by atoms with E-state index in [9.17, 15) is 4.79 Å². The fourth-order valence-electron chi connectivity index (χ4n) is 3.87. The van der Waals surface area contributed by atoms with Crippen molar-refractivity contribution in [3.63, 3.8) is 0 Å². The highest BCUT2D eigenvalue weighted by Gasteiger charge is 2.24. The molecule has 2 heterocycles. The maximum Gasteiger partial charge on any atom is 0.411 e. The molecule has 174 valence electrons. The minimum Gasteiger partial charge on any atom is -0.493 e. The second kappa shape index (κ2) is 9.87. The molecule has 0 aliphatic heterocycles. The molecule has 2 aromatic heterocycles. The third kappa shape index (κ3) is 4.75. The van der Waals surface area contributed by atoms with Crippen molar-refractivity contribution in [2.45, 2.75) is 25.9 Å². The van der Waals surface area contributed by atoms with E-state index in [4.69, 9.17) is 28.8 Å². The average Bonchev–Trinajstić information content (AvgIpc) is 3.42. The molecule has 0 saturated heterocycles. The summed E-state index contributed by atoms with van der Waals surface area (Å²) in [7, 11) is 3.20. The Morgan fingerprint density at radius 2 is 1.55 bits per heavy atom. The third-order valence-electron chi connectivity index (χ3n) is 5.47. The van der Waals surface area contributed by atoms with E-state index in [0.29, 0.717) is 47.8 Å². The molecular formula is C25H28N2O6. The molecule has 0 saturated carbocycles. The normalized spacial score (nSPS) is 12.1. The Labute approximate surface area is 191 Å². The van der Waals surface area contributed by atoms with Crippen LogP contribution in [0.4, 0.5) is 4.79 Å². The molecule has 2 N–H and O–H groups in total. The number of nitrogens with zero attached hydrogens (tertiary/aromatic N) is 1. The van der Waals surface area contributed by atoms with Crippen molar-refractivity contribution in [3.05, 3.63) is 60.1 Å². The molecule has 33 heavy (non-hydrogen) atoms. The van der Waals surface area contributed by atoms with Gasteiger partial charge in [0.05, 0.1) is 27.0 Å². The zero-order valence-electron chi connectivity index (χ0n) is 19.0. The number of ether oxygens (including phenoxy) is 3. The molecule has 2 aromatic carbocycles. The molecule has 0 fully saturated rings. The fourth-order valence-corrected chi connectivity index (χ4v) is 3.87. The van der Waals surface area contributed by atoms with Crippen LogP contribution < -0.4 is 15.2 Å². The molecular weight excluding hydrogens is 424 g/mol. The first-order chi connectivity index (χ1) is 16.0. The SMILES string of the molecule is CCOC(=O)N(CCc1cc2cccc(OC)c2o1)C(N)Cc1cc2cccc(OC)c2o1. The van der Waals surface area contributed by atoms with Gasteiger partial charge < -0.3 is 28.8 Å². The minimum atomic E-state index is -0.644. The Hall–Kier alpha value is -3.65. The molecule has 1 unspecified atom stereocenters. The Bertz CT molecular complexity index is 1240. The number of furan rings is 2. The second-order valence-corrected chi connectivity index (χ2v) is 7.60. The van der Waals surface area contributed by atoms with Gasteiger partial charge in [0.15, 0.2) is 22.7 Å². The second-order valence-electron chi connectivity index (χ2n) is 7.60. The highest BCUT2D eigenvalue weighted by atomic mass is 16.6. The zero-order chi connectivity index (χ0) is 23.4. The summed E-state index contributed by atoms with van der Waals surface area (Å²) < 4.78 is 27.9. The summed E-state index contributed by atoms with van der Waals surface area (Å²) in [5.41, 5.74) is 7.77. The van der Waals surface area contributed by atoms with Gasteiger partial charge in [0.25, 0.3) is 0 Å². The summed E-state index contributed by atoms with van der Waals surface area (Å²) in [6, 6.07) is 15.2. The van der Waals surface area contributed by atoms with Gasteiger partial charge in [0.2, 0.25) is 0 Å². The predicted molar refractivity (Wildman–Crippen MR) is 125 cm³/mol. The highest BCUT2D eigenvalue weighted by molar-refractivity contribution is 5.84. The van der Waals surface area contributed by atoms with E-state index in [0.717, 1.165) is 16.5 Å². The number of nitrogens with two attached hydrogens (primary N) is 1. The van der Waals surface area contributed by atoms with Crippen LogP contribution in [-0.2, 0) is 17.6 Å². The van der Waals surface area contributed by atoms with Crippen molar-refractivity contribution in [1.82, 2.24) is 4.90 Å². The van der Waals surface area contributed by atoms with Crippen LogP contribution >= 0.6 is 0 Å². The molecule has 8 nitrogen and oxygen atoms in total. The van der Waals surface area contributed by atoms with Gasteiger partial charge in [-0.05, 0) is 31.2 Å². The van der Waals surface area contributed by atoms with E-state index in [1.165, 1.54) is 4.90 Å². The van der Waals surface area contributed by atoms with Gasteiger partial charge in [-0.15, -0.1) is 0 Å². The van der Waals surface area contributed by atoms with Crippen LogP contribution in [0.25, 0.3) is 21.9 Å².